The normalized spacial score (nSPS) is 19.1. The van der Waals surface area contributed by atoms with Crippen molar-refractivity contribution in [2.75, 3.05) is 12.5 Å². The molecule has 0 bridgehead atoms. The number of rotatable bonds is 4. The first-order valence-electron chi connectivity index (χ1n) is 5.19. The molecular weight excluding hydrogens is 196 g/mol. The van der Waals surface area contributed by atoms with Crippen molar-refractivity contribution >= 4 is 11.6 Å². The topological polar surface area (TPSA) is 9.23 Å². The number of benzene rings is 1. The fraction of sp³-hybridized carbons (Fsp3) is 0.500. The van der Waals surface area contributed by atoms with Crippen LogP contribution in [0.4, 0.5) is 0 Å². The predicted octanol–water partition coefficient (Wildman–Crippen LogP) is 3.57. The van der Waals surface area contributed by atoms with Gasteiger partial charge >= 0.3 is 0 Å². The summed E-state index contributed by atoms with van der Waals surface area (Å²) in [7, 11) is 0. The van der Waals surface area contributed by atoms with Gasteiger partial charge in [0.2, 0.25) is 0 Å². The van der Waals surface area contributed by atoms with Crippen molar-refractivity contribution in [3.8, 4) is 5.75 Å². The molecule has 1 aliphatic heterocycles. The van der Waals surface area contributed by atoms with Gasteiger partial charge in [-0.2, -0.15) is 0 Å². The van der Waals surface area contributed by atoms with Gasteiger partial charge in [-0.05, 0) is 18.9 Å². The van der Waals surface area contributed by atoms with Crippen molar-refractivity contribution in [2.24, 2.45) is 0 Å². The van der Waals surface area contributed by atoms with Gasteiger partial charge in [-0.15, -0.1) is 11.6 Å². The van der Waals surface area contributed by atoms with Gasteiger partial charge in [0.25, 0.3) is 0 Å². The molecule has 1 aromatic rings. The lowest BCUT2D eigenvalue weighted by atomic mass is 9.96. The average molecular weight is 211 g/mol. The molecule has 0 saturated carbocycles. The van der Waals surface area contributed by atoms with Crippen molar-refractivity contribution < 1.29 is 4.74 Å². The van der Waals surface area contributed by atoms with E-state index in [-0.39, 0.29) is 0 Å². The lowest BCUT2D eigenvalue weighted by Crippen LogP contribution is -2.00. The molecule has 0 aromatic heterocycles. The Kier molecular flexibility index (Phi) is 3.30. The van der Waals surface area contributed by atoms with Crippen molar-refractivity contribution in [2.45, 2.75) is 25.2 Å². The summed E-state index contributed by atoms with van der Waals surface area (Å²) in [4.78, 5) is 0. The zero-order chi connectivity index (χ0) is 9.80. The van der Waals surface area contributed by atoms with E-state index in [2.05, 4.69) is 18.2 Å². The van der Waals surface area contributed by atoms with Gasteiger partial charge in [0.1, 0.15) is 5.75 Å². The number of para-hydroxylation sites is 1. The number of hydrogen-bond acceptors (Lipinski definition) is 1. The van der Waals surface area contributed by atoms with Crippen LogP contribution >= 0.6 is 11.6 Å². The summed E-state index contributed by atoms with van der Waals surface area (Å²) in [5.41, 5.74) is 1.38. The van der Waals surface area contributed by atoms with E-state index < -0.39 is 0 Å². The molecule has 1 aromatic carbocycles. The molecule has 1 aliphatic rings. The summed E-state index contributed by atoms with van der Waals surface area (Å²) in [5.74, 6) is 2.44. The van der Waals surface area contributed by atoms with Crippen LogP contribution in [0.15, 0.2) is 24.3 Å². The summed E-state index contributed by atoms with van der Waals surface area (Å²) in [6, 6.07) is 8.34. The molecule has 2 heteroatoms. The van der Waals surface area contributed by atoms with Crippen LogP contribution in [-0.2, 0) is 0 Å². The minimum Gasteiger partial charge on any atom is -0.493 e. The summed E-state index contributed by atoms with van der Waals surface area (Å²) in [6.45, 7) is 0.849. The molecule has 0 aliphatic carbocycles. The number of fused-ring (bicyclic) bond motifs is 1. The third kappa shape index (κ3) is 2.03. The Morgan fingerprint density at radius 1 is 1.29 bits per heavy atom. The number of halogens is 1. The Morgan fingerprint density at radius 3 is 3.00 bits per heavy atom. The number of hydrogen-bond donors (Lipinski definition) is 0. The molecule has 76 valence electrons. The molecule has 0 amide bonds. The first-order valence-corrected chi connectivity index (χ1v) is 5.73. The maximum absolute atomic E-state index is 5.66. The van der Waals surface area contributed by atoms with E-state index in [1.165, 1.54) is 18.4 Å². The van der Waals surface area contributed by atoms with Crippen molar-refractivity contribution in [1.82, 2.24) is 0 Å². The zero-order valence-electron chi connectivity index (χ0n) is 8.21. The van der Waals surface area contributed by atoms with Gasteiger partial charge in [0.05, 0.1) is 6.61 Å². The van der Waals surface area contributed by atoms with Crippen LogP contribution in [0.5, 0.6) is 5.75 Å². The van der Waals surface area contributed by atoms with Crippen LogP contribution in [0.3, 0.4) is 0 Å². The SMILES string of the molecule is ClCCCCC1COc2ccccc21. The Balaban J connectivity index is 1.96. The molecule has 1 atom stereocenters. The Morgan fingerprint density at radius 2 is 2.14 bits per heavy atom. The fourth-order valence-electron chi connectivity index (χ4n) is 1.95. The molecule has 1 unspecified atom stereocenters. The number of alkyl halides is 1. The first-order chi connectivity index (χ1) is 6.92. The van der Waals surface area contributed by atoms with Gasteiger partial charge in [-0.3, -0.25) is 0 Å². The number of unbranched alkanes of at least 4 members (excludes halogenated alkanes) is 1. The molecular formula is C12H15ClO. The Labute approximate surface area is 90.0 Å². The Bertz CT molecular complexity index is 298. The fourth-order valence-corrected chi connectivity index (χ4v) is 2.14. The first kappa shape index (κ1) is 9.85. The predicted molar refractivity (Wildman–Crippen MR) is 59.2 cm³/mol. The largest absolute Gasteiger partial charge is 0.493 e. The molecule has 0 N–H and O–H groups in total. The molecule has 0 fully saturated rings. The molecule has 14 heavy (non-hydrogen) atoms. The molecule has 1 nitrogen and oxygen atoms in total. The van der Waals surface area contributed by atoms with Crippen LogP contribution in [0.1, 0.15) is 30.7 Å². The van der Waals surface area contributed by atoms with Gasteiger partial charge in [-0.1, -0.05) is 24.6 Å². The summed E-state index contributed by atoms with van der Waals surface area (Å²) >= 11 is 5.66. The summed E-state index contributed by atoms with van der Waals surface area (Å²) < 4.78 is 5.61. The van der Waals surface area contributed by atoms with Gasteiger partial charge in [0, 0.05) is 17.4 Å². The quantitative estimate of drug-likeness (QED) is 0.545. The van der Waals surface area contributed by atoms with E-state index in [9.17, 15) is 0 Å². The minimum absolute atomic E-state index is 0.592. The smallest absolute Gasteiger partial charge is 0.122 e. The number of ether oxygens (including phenoxy) is 1. The highest BCUT2D eigenvalue weighted by Crippen LogP contribution is 2.36. The van der Waals surface area contributed by atoms with Crippen LogP contribution in [-0.4, -0.2) is 12.5 Å². The monoisotopic (exact) mass is 210 g/mol. The lowest BCUT2D eigenvalue weighted by molar-refractivity contribution is 0.323. The third-order valence-electron chi connectivity index (χ3n) is 2.74. The van der Waals surface area contributed by atoms with Gasteiger partial charge < -0.3 is 4.74 Å². The third-order valence-corrected chi connectivity index (χ3v) is 3.00. The van der Waals surface area contributed by atoms with E-state index in [4.69, 9.17) is 16.3 Å². The summed E-state index contributed by atoms with van der Waals surface area (Å²) in [6.07, 6.45) is 3.51. The molecule has 2 rings (SSSR count). The van der Waals surface area contributed by atoms with E-state index in [1.807, 2.05) is 6.07 Å². The standard InChI is InChI=1S/C12H15ClO/c13-8-4-3-5-10-9-14-12-7-2-1-6-11(10)12/h1-2,6-7,10H,3-5,8-9H2. The second-order valence-corrected chi connectivity index (χ2v) is 4.11. The molecule has 1 heterocycles. The molecule has 0 radical (unpaired) electrons. The van der Waals surface area contributed by atoms with E-state index in [0.717, 1.165) is 24.7 Å². The highest BCUT2D eigenvalue weighted by Gasteiger charge is 2.22. The average Bonchev–Trinajstić information content (AvgIpc) is 2.63. The lowest BCUT2D eigenvalue weighted by Gasteiger charge is -2.06. The van der Waals surface area contributed by atoms with Gasteiger partial charge in [-0.25, -0.2) is 0 Å². The second-order valence-electron chi connectivity index (χ2n) is 3.73. The molecule has 0 saturated heterocycles. The van der Waals surface area contributed by atoms with Crippen molar-refractivity contribution in [3.05, 3.63) is 29.8 Å². The zero-order valence-corrected chi connectivity index (χ0v) is 8.96. The minimum atomic E-state index is 0.592. The van der Waals surface area contributed by atoms with Crippen LogP contribution in [0.25, 0.3) is 0 Å². The molecule has 0 spiro atoms. The maximum atomic E-state index is 5.66. The van der Waals surface area contributed by atoms with Gasteiger partial charge in [0.15, 0.2) is 0 Å². The maximum Gasteiger partial charge on any atom is 0.122 e. The van der Waals surface area contributed by atoms with Crippen LogP contribution in [0, 0.1) is 0 Å². The summed E-state index contributed by atoms with van der Waals surface area (Å²) in [5, 5.41) is 0. The van der Waals surface area contributed by atoms with Crippen molar-refractivity contribution in [3.63, 3.8) is 0 Å². The van der Waals surface area contributed by atoms with Crippen LogP contribution in [0.2, 0.25) is 0 Å². The van der Waals surface area contributed by atoms with E-state index >= 15 is 0 Å². The highest BCUT2D eigenvalue weighted by molar-refractivity contribution is 6.17. The van der Waals surface area contributed by atoms with Crippen LogP contribution < -0.4 is 4.74 Å². The highest BCUT2D eigenvalue weighted by atomic mass is 35.5. The van der Waals surface area contributed by atoms with E-state index in [1.54, 1.807) is 0 Å². The second kappa shape index (κ2) is 4.70. The van der Waals surface area contributed by atoms with E-state index in [0.29, 0.717) is 5.92 Å². The Hall–Kier alpha value is -0.690. The van der Waals surface area contributed by atoms with Crippen molar-refractivity contribution in [1.29, 1.82) is 0 Å².